The molecule has 0 aliphatic heterocycles. The Morgan fingerprint density at radius 2 is 1.90 bits per heavy atom. The van der Waals surface area contributed by atoms with Gasteiger partial charge < -0.3 is 15.2 Å². The Morgan fingerprint density at radius 1 is 1.19 bits per heavy atom. The van der Waals surface area contributed by atoms with Crippen LogP contribution in [0.3, 0.4) is 0 Å². The first-order valence-electron chi connectivity index (χ1n) is 6.80. The minimum atomic E-state index is -0.205. The van der Waals surface area contributed by atoms with E-state index in [2.05, 4.69) is 10.1 Å². The molecule has 1 heterocycles. The Balaban J connectivity index is 1.71. The summed E-state index contributed by atoms with van der Waals surface area (Å²) in [5, 5.41) is 12.6. The van der Waals surface area contributed by atoms with Crippen LogP contribution in [0.1, 0.15) is 15.3 Å². The number of hydrogen-bond donors (Lipinski definition) is 2. The van der Waals surface area contributed by atoms with Crippen LogP contribution >= 0.6 is 11.3 Å². The number of aromatic hydroxyl groups is 1. The zero-order valence-electron chi connectivity index (χ0n) is 12.0. The van der Waals surface area contributed by atoms with Gasteiger partial charge in [-0.05, 0) is 42.8 Å². The number of esters is 1. The average Bonchev–Trinajstić information content (AvgIpc) is 2.93. The standard InChI is InChI=1S/C16H19NO3S/c1-20-16(19)10-14-6-7-15(21-14)11-17-9-8-12-2-4-13(18)5-3-12/h2-7,17-18H,8-11H2,1H3. The van der Waals surface area contributed by atoms with Gasteiger partial charge in [-0.1, -0.05) is 12.1 Å². The molecular weight excluding hydrogens is 286 g/mol. The number of ether oxygens (including phenoxy) is 1. The van der Waals surface area contributed by atoms with Crippen LogP contribution in [0.15, 0.2) is 36.4 Å². The molecule has 0 atom stereocenters. The van der Waals surface area contributed by atoms with Crippen molar-refractivity contribution >= 4 is 17.3 Å². The minimum absolute atomic E-state index is 0.205. The van der Waals surface area contributed by atoms with Gasteiger partial charge in [-0.3, -0.25) is 4.79 Å². The third kappa shape index (κ3) is 5.21. The minimum Gasteiger partial charge on any atom is -0.508 e. The molecule has 0 unspecified atom stereocenters. The summed E-state index contributed by atoms with van der Waals surface area (Å²) >= 11 is 1.63. The lowest BCUT2D eigenvalue weighted by Crippen LogP contribution is -2.15. The summed E-state index contributed by atoms with van der Waals surface area (Å²) in [4.78, 5) is 13.4. The molecule has 112 valence electrons. The number of carbonyl (C=O) groups excluding carboxylic acids is 1. The maximum absolute atomic E-state index is 11.2. The summed E-state index contributed by atoms with van der Waals surface area (Å²) in [5.41, 5.74) is 1.19. The topological polar surface area (TPSA) is 58.6 Å². The molecule has 0 aliphatic carbocycles. The molecule has 0 radical (unpaired) electrons. The normalized spacial score (nSPS) is 10.5. The Bertz CT molecular complexity index is 577. The summed E-state index contributed by atoms with van der Waals surface area (Å²) in [5.74, 6) is 0.0899. The second-order valence-corrected chi connectivity index (χ2v) is 5.97. The number of carbonyl (C=O) groups is 1. The Labute approximate surface area is 128 Å². The number of thiophene rings is 1. The number of phenolic OH excluding ortho intramolecular Hbond substituents is 1. The predicted octanol–water partition coefficient (Wildman–Crippen LogP) is 2.50. The number of rotatable bonds is 7. The molecule has 0 saturated carbocycles. The van der Waals surface area contributed by atoms with E-state index in [-0.39, 0.29) is 5.97 Å². The zero-order chi connectivity index (χ0) is 15.1. The molecule has 2 rings (SSSR count). The summed E-state index contributed by atoms with van der Waals surface area (Å²) in [7, 11) is 1.40. The van der Waals surface area contributed by atoms with Crippen molar-refractivity contribution < 1.29 is 14.6 Å². The Morgan fingerprint density at radius 3 is 2.62 bits per heavy atom. The highest BCUT2D eigenvalue weighted by Crippen LogP contribution is 2.17. The predicted molar refractivity (Wildman–Crippen MR) is 83.6 cm³/mol. The molecular formula is C16H19NO3S. The van der Waals surface area contributed by atoms with E-state index in [9.17, 15) is 9.90 Å². The van der Waals surface area contributed by atoms with E-state index in [1.165, 1.54) is 17.6 Å². The number of phenols is 1. The van der Waals surface area contributed by atoms with Crippen molar-refractivity contribution in [2.24, 2.45) is 0 Å². The van der Waals surface area contributed by atoms with E-state index in [0.717, 1.165) is 24.4 Å². The second kappa shape index (κ2) is 7.81. The fourth-order valence-electron chi connectivity index (χ4n) is 1.93. The number of benzene rings is 1. The van der Waals surface area contributed by atoms with Gasteiger partial charge in [-0.25, -0.2) is 0 Å². The molecule has 0 amide bonds. The lowest BCUT2D eigenvalue weighted by atomic mass is 10.1. The summed E-state index contributed by atoms with van der Waals surface area (Å²) in [6.45, 7) is 1.67. The van der Waals surface area contributed by atoms with Crippen LogP contribution < -0.4 is 5.32 Å². The van der Waals surface area contributed by atoms with Crippen molar-refractivity contribution in [1.29, 1.82) is 0 Å². The van der Waals surface area contributed by atoms with E-state index in [1.54, 1.807) is 23.5 Å². The molecule has 0 bridgehead atoms. The van der Waals surface area contributed by atoms with Crippen molar-refractivity contribution in [3.8, 4) is 5.75 Å². The van der Waals surface area contributed by atoms with E-state index in [1.807, 2.05) is 24.3 Å². The highest BCUT2D eigenvalue weighted by molar-refractivity contribution is 7.12. The summed E-state index contributed by atoms with van der Waals surface area (Å²) < 4.78 is 4.65. The molecule has 0 saturated heterocycles. The summed E-state index contributed by atoms with van der Waals surface area (Å²) in [6.07, 6.45) is 1.26. The molecule has 0 fully saturated rings. The first-order chi connectivity index (χ1) is 10.2. The van der Waals surface area contributed by atoms with Crippen LogP contribution in [0, 0.1) is 0 Å². The second-order valence-electron chi connectivity index (χ2n) is 4.71. The van der Waals surface area contributed by atoms with Crippen LogP contribution in [-0.4, -0.2) is 24.7 Å². The van der Waals surface area contributed by atoms with Crippen molar-refractivity contribution in [3.63, 3.8) is 0 Å². The highest BCUT2D eigenvalue weighted by atomic mass is 32.1. The third-order valence-electron chi connectivity index (χ3n) is 3.09. The molecule has 4 nitrogen and oxygen atoms in total. The Hall–Kier alpha value is -1.85. The van der Waals surface area contributed by atoms with Crippen LogP contribution in [0.4, 0.5) is 0 Å². The van der Waals surface area contributed by atoms with E-state index < -0.39 is 0 Å². The van der Waals surface area contributed by atoms with Gasteiger partial charge in [0, 0.05) is 16.3 Å². The fourth-order valence-corrected chi connectivity index (χ4v) is 2.91. The lowest BCUT2D eigenvalue weighted by Gasteiger charge is -2.03. The van der Waals surface area contributed by atoms with Gasteiger partial charge in [-0.15, -0.1) is 11.3 Å². The monoisotopic (exact) mass is 305 g/mol. The van der Waals surface area contributed by atoms with E-state index in [4.69, 9.17) is 0 Å². The van der Waals surface area contributed by atoms with Crippen LogP contribution in [0.5, 0.6) is 5.75 Å². The van der Waals surface area contributed by atoms with Crippen LogP contribution in [0.25, 0.3) is 0 Å². The van der Waals surface area contributed by atoms with E-state index >= 15 is 0 Å². The van der Waals surface area contributed by atoms with Gasteiger partial charge in [0.05, 0.1) is 13.5 Å². The number of methoxy groups -OCH3 is 1. The first kappa shape index (κ1) is 15.5. The van der Waals surface area contributed by atoms with Crippen LogP contribution in [-0.2, 0) is 28.9 Å². The third-order valence-corrected chi connectivity index (χ3v) is 4.17. The summed E-state index contributed by atoms with van der Waals surface area (Å²) in [6, 6.07) is 11.3. The molecule has 21 heavy (non-hydrogen) atoms. The number of nitrogens with one attached hydrogen (secondary N) is 1. The average molecular weight is 305 g/mol. The molecule has 0 spiro atoms. The van der Waals surface area contributed by atoms with Crippen molar-refractivity contribution in [2.45, 2.75) is 19.4 Å². The molecule has 5 heteroatoms. The first-order valence-corrected chi connectivity index (χ1v) is 7.62. The number of hydrogen-bond acceptors (Lipinski definition) is 5. The Kier molecular flexibility index (Phi) is 5.78. The van der Waals surface area contributed by atoms with E-state index in [0.29, 0.717) is 12.2 Å². The van der Waals surface area contributed by atoms with Gasteiger partial charge in [0.2, 0.25) is 0 Å². The van der Waals surface area contributed by atoms with Gasteiger partial charge in [0.15, 0.2) is 0 Å². The maximum atomic E-state index is 11.2. The smallest absolute Gasteiger partial charge is 0.310 e. The molecule has 1 aromatic carbocycles. The van der Waals surface area contributed by atoms with Gasteiger partial charge in [0.1, 0.15) is 5.75 Å². The SMILES string of the molecule is COC(=O)Cc1ccc(CNCCc2ccc(O)cc2)s1. The largest absolute Gasteiger partial charge is 0.508 e. The molecule has 2 N–H and O–H groups in total. The van der Waals surface area contributed by atoms with Gasteiger partial charge in [0.25, 0.3) is 0 Å². The fraction of sp³-hybridized carbons (Fsp3) is 0.312. The molecule has 2 aromatic rings. The molecule has 0 aliphatic rings. The highest BCUT2D eigenvalue weighted by Gasteiger charge is 2.06. The van der Waals surface area contributed by atoms with Crippen molar-refractivity contribution in [3.05, 3.63) is 51.7 Å². The van der Waals surface area contributed by atoms with Crippen molar-refractivity contribution in [2.75, 3.05) is 13.7 Å². The van der Waals surface area contributed by atoms with Crippen LogP contribution in [0.2, 0.25) is 0 Å². The lowest BCUT2D eigenvalue weighted by molar-refractivity contribution is -0.139. The zero-order valence-corrected chi connectivity index (χ0v) is 12.8. The maximum Gasteiger partial charge on any atom is 0.310 e. The van der Waals surface area contributed by atoms with Gasteiger partial charge >= 0.3 is 5.97 Å². The van der Waals surface area contributed by atoms with Gasteiger partial charge in [-0.2, -0.15) is 0 Å². The quantitative estimate of drug-likeness (QED) is 0.609. The molecule has 1 aromatic heterocycles. The van der Waals surface area contributed by atoms with Crippen molar-refractivity contribution in [1.82, 2.24) is 5.32 Å².